The minimum atomic E-state index is -0.426. The van der Waals surface area contributed by atoms with Crippen molar-refractivity contribution in [3.8, 4) is 22.6 Å². The molecule has 5 rings (SSSR count). The molecule has 1 amide bonds. The van der Waals surface area contributed by atoms with Gasteiger partial charge in [-0.25, -0.2) is 0 Å². The van der Waals surface area contributed by atoms with Crippen LogP contribution in [0.2, 0.25) is 0 Å². The third-order valence-corrected chi connectivity index (χ3v) is 6.15. The Morgan fingerprint density at radius 1 is 0.853 bits per heavy atom. The minimum Gasteiger partial charge on any atom is -0.497 e. The Bertz CT molecular complexity index is 1480. The largest absolute Gasteiger partial charge is 0.497 e. The lowest BCUT2D eigenvalue weighted by atomic mass is 10.0. The van der Waals surface area contributed by atoms with Gasteiger partial charge in [0.15, 0.2) is 0 Å². The molecular formula is C29H26N2O3. The monoisotopic (exact) mass is 450 g/mol. The van der Waals surface area contributed by atoms with E-state index in [1.165, 1.54) is 0 Å². The molecule has 5 aromatic rings. The molecule has 0 aliphatic carbocycles. The van der Waals surface area contributed by atoms with E-state index in [1.54, 1.807) is 13.2 Å². The van der Waals surface area contributed by atoms with E-state index >= 15 is 0 Å². The van der Waals surface area contributed by atoms with E-state index in [0.717, 1.165) is 50.0 Å². The Morgan fingerprint density at radius 3 is 2.24 bits per heavy atom. The lowest BCUT2D eigenvalue weighted by Gasteiger charge is -2.10. The Morgan fingerprint density at radius 2 is 1.56 bits per heavy atom. The summed E-state index contributed by atoms with van der Waals surface area (Å²) in [7, 11) is 1.66. The van der Waals surface area contributed by atoms with Crippen molar-refractivity contribution in [2.75, 3.05) is 13.7 Å². The van der Waals surface area contributed by atoms with Crippen molar-refractivity contribution in [1.29, 1.82) is 0 Å². The van der Waals surface area contributed by atoms with Crippen LogP contribution in [0.15, 0.2) is 84.9 Å². The molecule has 0 saturated heterocycles. The molecule has 0 spiro atoms. The number of hydrogen-bond donors (Lipinski definition) is 1. The van der Waals surface area contributed by atoms with E-state index in [-0.39, 0.29) is 0 Å². The summed E-state index contributed by atoms with van der Waals surface area (Å²) in [5, 5.41) is 1.89. The molecule has 34 heavy (non-hydrogen) atoms. The summed E-state index contributed by atoms with van der Waals surface area (Å²) < 4.78 is 13.1. The highest BCUT2D eigenvalue weighted by Crippen LogP contribution is 2.35. The van der Waals surface area contributed by atoms with Crippen molar-refractivity contribution in [3.05, 3.63) is 96.1 Å². The summed E-state index contributed by atoms with van der Waals surface area (Å²) in [6.45, 7) is 3.26. The lowest BCUT2D eigenvalue weighted by Crippen LogP contribution is -2.11. The van der Waals surface area contributed by atoms with Crippen molar-refractivity contribution < 1.29 is 14.3 Å². The van der Waals surface area contributed by atoms with E-state index in [1.807, 2.05) is 55.5 Å². The molecule has 2 N–H and O–H groups in total. The highest BCUT2D eigenvalue weighted by molar-refractivity contribution is 6.18. The van der Waals surface area contributed by atoms with Gasteiger partial charge >= 0.3 is 0 Å². The highest BCUT2D eigenvalue weighted by Gasteiger charge is 2.17. The van der Waals surface area contributed by atoms with Gasteiger partial charge in [0.2, 0.25) is 5.91 Å². The van der Waals surface area contributed by atoms with Gasteiger partial charge in [-0.1, -0.05) is 42.5 Å². The number of nitrogens with zero attached hydrogens (tertiary/aromatic N) is 1. The van der Waals surface area contributed by atoms with Crippen LogP contribution in [0.1, 0.15) is 22.8 Å². The molecule has 5 heteroatoms. The van der Waals surface area contributed by atoms with E-state index in [0.29, 0.717) is 18.7 Å². The van der Waals surface area contributed by atoms with Crippen LogP contribution in [-0.4, -0.2) is 24.2 Å². The van der Waals surface area contributed by atoms with Crippen LogP contribution >= 0.6 is 0 Å². The summed E-state index contributed by atoms with van der Waals surface area (Å²) in [6.07, 6.45) is 0. The maximum Gasteiger partial charge on any atom is 0.249 e. The number of carbonyl (C=O) groups is 1. The summed E-state index contributed by atoms with van der Waals surface area (Å²) in [6, 6.07) is 28.2. The molecule has 170 valence electrons. The third-order valence-electron chi connectivity index (χ3n) is 6.15. The molecule has 4 aromatic carbocycles. The second kappa shape index (κ2) is 8.94. The summed E-state index contributed by atoms with van der Waals surface area (Å²) in [5.74, 6) is 1.25. The second-order valence-corrected chi connectivity index (χ2v) is 8.19. The number of ether oxygens (including phenoxy) is 2. The van der Waals surface area contributed by atoms with Gasteiger partial charge in [-0.2, -0.15) is 0 Å². The van der Waals surface area contributed by atoms with Crippen LogP contribution in [0, 0.1) is 0 Å². The van der Waals surface area contributed by atoms with E-state index in [2.05, 4.69) is 34.9 Å². The molecule has 1 heterocycles. The quantitative estimate of drug-likeness (QED) is 0.330. The molecule has 0 aliphatic heterocycles. The van der Waals surface area contributed by atoms with Crippen molar-refractivity contribution in [2.45, 2.75) is 13.5 Å². The standard InChI is InChI=1S/C29H26N2O3/c1-3-34-23-12-7-19(8-13-23)18-31-26-6-4-5-25(29(30)32)28(26)24-16-11-21(17-27(24)31)20-9-14-22(33-2)15-10-20/h4-17H,3,18H2,1-2H3,(H2,30,32). The Balaban J connectivity index is 1.69. The van der Waals surface area contributed by atoms with Gasteiger partial charge in [0.05, 0.1) is 24.8 Å². The fraction of sp³-hybridized carbons (Fsp3) is 0.138. The Hall–Kier alpha value is -4.25. The lowest BCUT2D eigenvalue weighted by molar-refractivity contribution is 0.100. The average Bonchev–Trinajstić information content (AvgIpc) is 3.18. The maximum absolute atomic E-state index is 12.3. The van der Waals surface area contributed by atoms with Gasteiger partial charge in [0.1, 0.15) is 11.5 Å². The smallest absolute Gasteiger partial charge is 0.249 e. The van der Waals surface area contributed by atoms with Crippen molar-refractivity contribution in [1.82, 2.24) is 4.57 Å². The average molecular weight is 451 g/mol. The van der Waals surface area contributed by atoms with E-state index in [9.17, 15) is 4.79 Å². The van der Waals surface area contributed by atoms with E-state index < -0.39 is 5.91 Å². The fourth-order valence-electron chi connectivity index (χ4n) is 4.52. The first kappa shape index (κ1) is 21.6. The van der Waals surface area contributed by atoms with Crippen molar-refractivity contribution in [3.63, 3.8) is 0 Å². The number of carbonyl (C=O) groups excluding carboxylic acids is 1. The highest BCUT2D eigenvalue weighted by atomic mass is 16.5. The van der Waals surface area contributed by atoms with Gasteiger partial charge < -0.3 is 19.8 Å². The maximum atomic E-state index is 12.3. The molecule has 0 radical (unpaired) electrons. The number of amides is 1. The predicted molar refractivity (Wildman–Crippen MR) is 137 cm³/mol. The first-order valence-corrected chi connectivity index (χ1v) is 11.3. The Kier molecular flexibility index (Phi) is 5.68. The van der Waals surface area contributed by atoms with Crippen LogP contribution in [0.3, 0.4) is 0 Å². The van der Waals surface area contributed by atoms with Crippen molar-refractivity contribution >= 4 is 27.7 Å². The number of aromatic nitrogens is 1. The Labute approximate surface area is 198 Å². The number of benzene rings is 4. The summed E-state index contributed by atoms with van der Waals surface area (Å²) in [5.41, 5.74) is 11.6. The minimum absolute atomic E-state index is 0.426. The zero-order chi connectivity index (χ0) is 23.7. The van der Waals surface area contributed by atoms with Gasteiger partial charge in [-0.3, -0.25) is 4.79 Å². The van der Waals surface area contributed by atoms with Crippen LogP contribution < -0.4 is 15.2 Å². The molecule has 0 fully saturated rings. The molecule has 1 aromatic heterocycles. The third kappa shape index (κ3) is 3.86. The zero-order valence-electron chi connectivity index (χ0n) is 19.2. The molecule has 0 saturated carbocycles. The SMILES string of the molecule is CCOc1ccc(Cn2c3cc(-c4ccc(OC)cc4)ccc3c3c(C(N)=O)cccc32)cc1. The van der Waals surface area contributed by atoms with Gasteiger partial charge in [0.25, 0.3) is 0 Å². The zero-order valence-corrected chi connectivity index (χ0v) is 19.2. The molecule has 5 nitrogen and oxygen atoms in total. The van der Waals surface area contributed by atoms with Crippen LogP contribution in [0.4, 0.5) is 0 Å². The number of methoxy groups -OCH3 is 1. The number of rotatable bonds is 7. The molecule has 0 unspecified atom stereocenters. The molecule has 0 aliphatic rings. The van der Waals surface area contributed by atoms with Crippen LogP contribution in [0.5, 0.6) is 11.5 Å². The summed E-state index contributed by atoms with van der Waals surface area (Å²) >= 11 is 0. The van der Waals surface area contributed by atoms with E-state index in [4.69, 9.17) is 15.2 Å². The first-order valence-electron chi connectivity index (χ1n) is 11.3. The number of hydrogen-bond acceptors (Lipinski definition) is 3. The van der Waals surface area contributed by atoms with Gasteiger partial charge in [-0.05, 0) is 66.1 Å². The normalized spacial score (nSPS) is 11.1. The van der Waals surface area contributed by atoms with Crippen LogP contribution in [-0.2, 0) is 6.54 Å². The molecule has 0 atom stereocenters. The number of fused-ring (bicyclic) bond motifs is 3. The second-order valence-electron chi connectivity index (χ2n) is 8.19. The molecule has 0 bridgehead atoms. The fourth-order valence-corrected chi connectivity index (χ4v) is 4.52. The molecular weight excluding hydrogens is 424 g/mol. The number of nitrogens with two attached hydrogens (primary N) is 1. The first-order chi connectivity index (χ1) is 16.6. The van der Waals surface area contributed by atoms with Crippen molar-refractivity contribution in [2.24, 2.45) is 5.73 Å². The topological polar surface area (TPSA) is 66.5 Å². The van der Waals surface area contributed by atoms with Crippen LogP contribution in [0.25, 0.3) is 32.9 Å². The predicted octanol–water partition coefficient (Wildman–Crippen LogP) is 6.02. The van der Waals surface area contributed by atoms with Gasteiger partial charge in [-0.15, -0.1) is 0 Å². The summed E-state index contributed by atoms with van der Waals surface area (Å²) in [4.78, 5) is 12.3. The van der Waals surface area contributed by atoms with Gasteiger partial charge in [0, 0.05) is 22.9 Å². The number of primary amides is 1.